The van der Waals surface area contributed by atoms with Crippen LogP contribution in [0.3, 0.4) is 0 Å². The number of hydrogen-bond donors (Lipinski definition) is 2. The van der Waals surface area contributed by atoms with Crippen molar-refractivity contribution in [2.75, 3.05) is 5.73 Å². The highest BCUT2D eigenvalue weighted by atomic mass is 19.1. The van der Waals surface area contributed by atoms with Crippen LogP contribution in [0, 0.1) is 5.82 Å². The summed E-state index contributed by atoms with van der Waals surface area (Å²) in [6.45, 7) is 0. The van der Waals surface area contributed by atoms with Gasteiger partial charge in [-0.1, -0.05) is 0 Å². The van der Waals surface area contributed by atoms with E-state index in [0.29, 0.717) is 11.3 Å². The average Bonchev–Trinajstić information content (AvgIpc) is 2.56. The first kappa shape index (κ1) is 7.79. The summed E-state index contributed by atoms with van der Waals surface area (Å²) in [5.74, 6) is -0.332. The van der Waals surface area contributed by atoms with Gasteiger partial charge in [-0.05, 0) is 18.2 Å². The summed E-state index contributed by atoms with van der Waals surface area (Å²) in [4.78, 5) is 0. The Morgan fingerprint density at radius 3 is 2.85 bits per heavy atom. The molecule has 0 spiro atoms. The van der Waals surface area contributed by atoms with Crippen LogP contribution in [-0.4, -0.2) is 10.2 Å². The van der Waals surface area contributed by atoms with E-state index in [-0.39, 0.29) is 5.82 Å². The standard InChI is InChI=1S/C9H8FN3/c10-9-3-7(11)1-2-8(9)6-4-12-13-5-6/h1-5H,11H2,(H,12,13). The molecule has 3 nitrogen and oxygen atoms in total. The van der Waals surface area contributed by atoms with Crippen LogP contribution in [0.2, 0.25) is 0 Å². The molecule has 1 aromatic carbocycles. The van der Waals surface area contributed by atoms with Crippen LogP contribution in [0.25, 0.3) is 11.1 Å². The van der Waals surface area contributed by atoms with Gasteiger partial charge in [0.25, 0.3) is 0 Å². The minimum atomic E-state index is -0.332. The van der Waals surface area contributed by atoms with Gasteiger partial charge in [0, 0.05) is 23.0 Å². The molecule has 0 aliphatic carbocycles. The minimum Gasteiger partial charge on any atom is -0.399 e. The van der Waals surface area contributed by atoms with Crippen LogP contribution in [0.5, 0.6) is 0 Å². The van der Waals surface area contributed by atoms with Gasteiger partial charge in [-0.25, -0.2) is 4.39 Å². The van der Waals surface area contributed by atoms with E-state index in [2.05, 4.69) is 10.2 Å². The number of aromatic nitrogens is 2. The fraction of sp³-hybridized carbons (Fsp3) is 0. The van der Waals surface area contributed by atoms with Crippen molar-refractivity contribution in [3.05, 3.63) is 36.4 Å². The van der Waals surface area contributed by atoms with Crippen LogP contribution in [0.15, 0.2) is 30.6 Å². The van der Waals surface area contributed by atoms with Crippen molar-refractivity contribution in [3.63, 3.8) is 0 Å². The van der Waals surface area contributed by atoms with Crippen molar-refractivity contribution in [3.8, 4) is 11.1 Å². The van der Waals surface area contributed by atoms with Gasteiger partial charge in [-0.2, -0.15) is 5.10 Å². The molecule has 0 atom stereocenters. The second kappa shape index (κ2) is 2.90. The first-order chi connectivity index (χ1) is 6.27. The molecule has 0 amide bonds. The van der Waals surface area contributed by atoms with Crippen molar-refractivity contribution in [2.45, 2.75) is 0 Å². The maximum atomic E-state index is 13.3. The highest BCUT2D eigenvalue weighted by molar-refractivity contribution is 5.64. The molecule has 4 heteroatoms. The number of H-pyrrole nitrogens is 1. The van der Waals surface area contributed by atoms with Gasteiger partial charge in [0.15, 0.2) is 0 Å². The SMILES string of the molecule is Nc1ccc(-c2cn[nH]c2)c(F)c1. The number of nitrogen functional groups attached to an aromatic ring is 1. The summed E-state index contributed by atoms with van der Waals surface area (Å²) < 4.78 is 13.3. The van der Waals surface area contributed by atoms with Gasteiger partial charge in [-0.3, -0.25) is 5.10 Å². The summed E-state index contributed by atoms with van der Waals surface area (Å²) in [6, 6.07) is 4.59. The van der Waals surface area contributed by atoms with Crippen molar-refractivity contribution in [1.29, 1.82) is 0 Å². The first-order valence-corrected chi connectivity index (χ1v) is 3.81. The topological polar surface area (TPSA) is 54.7 Å². The molecule has 3 N–H and O–H groups in total. The van der Waals surface area contributed by atoms with Gasteiger partial charge >= 0.3 is 0 Å². The Morgan fingerprint density at radius 1 is 1.38 bits per heavy atom. The average molecular weight is 177 g/mol. The summed E-state index contributed by atoms with van der Waals surface area (Å²) in [5.41, 5.74) is 7.06. The molecular weight excluding hydrogens is 169 g/mol. The largest absolute Gasteiger partial charge is 0.399 e. The second-order valence-electron chi connectivity index (χ2n) is 2.73. The lowest BCUT2D eigenvalue weighted by Gasteiger charge is -1.99. The molecule has 13 heavy (non-hydrogen) atoms. The van der Waals surface area contributed by atoms with Crippen molar-refractivity contribution in [2.24, 2.45) is 0 Å². The smallest absolute Gasteiger partial charge is 0.133 e. The molecule has 0 aliphatic heterocycles. The Bertz CT molecular complexity index is 409. The van der Waals surface area contributed by atoms with Crippen LogP contribution in [0.1, 0.15) is 0 Å². The number of nitrogens with two attached hydrogens (primary N) is 1. The van der Waals surface area contributed by atoms with E-state index in [1.54, 1.807) is 24.5 Å². The van der Waals surface area contributed by atoms with Crippen molar-refractivity contribution in [1.82, 2.24) is 10.2 Å². The predicted molar refractivity (Wildman–Crippen MR) is 48.4 cm³/mol. The van der Waals surface area contributed by atoms with E-state index in [1.165, 1.54) is 6.07 Å². The van der Waals surface area contributed by atoms with Gasteiger partial charge < -0.3 is 5.73 Å². The lowest BCUT2D eigenvalue weighted by atomic mass is 10.1. The Labute approximate surface area is 74.4 Å². The summed E-state index contributed by atoms with van der Waals surface area (Å²) in [5, 5.41) is 6.36. The van der Waals surface area contributed by atoms with Crippen LogP contribution in [0.4, 0.5) is 10.1 Å². The summed E-state index contributed by atoms with van der Waals surface area (Å²) in [6.07, 6.45) is 3.20. The molecule has 2 aromatic rings. The third kappa shape index (κ3) is 1.38. The molecule has 0 aliphatic rings. The third-order valence-electron chi connectivity index (χ3n) is 1.80. The summed E-state index contributed by atoms with van der Waals surface area (Å²) >= 11 is 0. The predicted octanol–water partition coefficient (Wildman–Crippen LogP) is 1.80. The molecule has 0 unspecified atom stereocenters. The van der Waals surface area contributed by atoms with E-state index >= 15 is 0 Å². The zero-order valence-electron chi connectivity index (χ0n) is 6.79. The van der Waals surface area contributed by atoms with E-state index in [1.807, 2.05) is 0 Å². The van der Waals surface area contributed by atoms with Gasteiger partial charge in [0.2, 0.25) is 0 Å². The molecule has 0 bridgehead atoms. The molecular formula is C9H8FN3. The number of rotatable bonds is 1. The maximum absolute atomic E-state index is 13.3. The molecule has 0 saturated heterocycles. The highest BCUT2D eigenvalue weighted by Crippen LogP contribution is 2.22. The number of hydrogen-bond acceptors (Lipinski definition) is 2. The molecule has 66 valence electrons. The van der Waals surface area contributed by atoms with E-state index in [9.17, 15) is 4.39 Å². The number of benzene rings is 1. The van der Waals surface area contributed by atoms with E-state index < -0.39 is 0 Å². The third-order valence-corrected chi connectivity index (χ3v) is 1.80. The Kier molecular flexibility index (Phi) is 1.73. The molecule has 0 saturated carbocycles. The zero-order chi connectivity index (χ0) is 9.26. The van der Waals surface area contributed by atoms with E-state index in [0.717, 1.165) is 5.56 Å². The number of halogens is 1. The number of nitrogens with one attached hydrogen (secondary N) is 1. The van der Waals surface area contributed by atoms with Crippen molar-refractivity contribution >= 4 is 5.69 Å². The Morgan fingerprint density at radius 2 is 2.23 bits per heavy atom. The maximum Gasteiger partial charge on any atom is 0.133 e. The lowest BCUT2D eigenvalue weighted by Crippen LogP contribution is -1.88. The lowest BCUT2D eigenvalue weighted by molar-refractivity contribution is 0.632. The molecule has 0 radical (unpaired) electrons. The molecule has 1 aromatic heterocycles. The molecule has 2 rings (SSSR count). The number of aromatic amines is 1. The van der Waals surface area contributed by atoms with Crippen LogP contribution in [-0.2, 0) is 0 Å². The monoisotopic (exact) mass is 177 g/mol. The van der Waals surface area contributed by atoms with Crippen LogP contribution >= 0.6 is 0 Å². The number of anilines is 1. The van der Waals surface area contributed by atoms with Crippen molar-refractivity contribution < 1.29 is 4.39 Å². The Hall–Kier alpha value is -1.84. The highest BCUT2D eigenvalue weighted by Gasteiger charge is 2.05. The zero-order valence-corrected chi connectivity index (χ0v) is 6.79. The molecule has 1 heterocycles. The number of nitrogens with zero attached hydrogens (tertiary/aromatic N) is 1. The summed E-state index contributed by atoms with van der Waals surface area (Å²) in [7, 11) is 0. The first-order valence-electron chi connectivity index (χ1n) is 3.81. The van der Waals surface area contributed by atoms with Gasteiger partial charge in [0.1, 0.15) is 5.82 Å². The van der Waals surface area contributed by atoms with Gasteiger partial charge in [0.05, 0.1) is 6.20 Å². The van der Waals surface area contributed by atoms with E-state index in [4.69, 9.17) is 5.73 Å². The normalized spacial score (nSPS) is 10.2. The van der Waals surface area contributed by atoms with Crippen LogP contribution < -0.4 is 5.73 Å². The second-order valence-corrected chi connectivity index (χ2v) is 2.73. The Balaban J connectivity index is 2.53. The van der Waals surface area contributed by atoms with Gasteiger partial charge in [-0.15, -0.1) is 0 Å². The quantitative estimate of drug-likeness (QED) is 0.652. The fourth-order valence-corrected chi connectivity index (χ4v) is 1.16. The fourth-order valence-electron chi connectivity index (χ4n) is 1.16. The minimum absolute atomic E-state index is 0.332. The molecule has 0 fully saturated rings.